The predicted molar refractivity (Wildman–Crippen MR) is 84.3 cm³/mol. The van der Waals surface area contributed by atoms with E-state index in [1.807, 2.05) is 33.0 Å². The highest BCUT2D eigenvalue weighted by molar-refractivity contribution is 5.85. The molecule has 0 saturated heterocycles. The molecule has 0 aliphatic heterocycles. The molecule has 3 heteroatoms. The lowest BCUT2D eigenvalue weighted by molar-refractivity contribution is 0.00927. The van der Waals surface area contributed by atoms with E-state index in [1.54, 1.807) is 0 Å². The van der Waals surface area contributed by atoms with Crippen molar-refractivity contribution in [3.8, 4) is 0 Å². The van der Waals surface area contributed by atoms with E-state index in [4.69, 9.17) is 4.74 Å². The van der Waals surface area contributed by atoms with Crippen LogP contribution in [0.2, 0.25) is 0 Å². The normalized spacial score (nSPS) is 12.8. The van der Waals surface area contributed by atoms with Crippen LogP contribution in [-0.2, 0) is 4.74 Å². The second-order valence-corrected chi connectivity index (χ2v) is 5.45. The summed E-state index contributed by atoms with van der Waals surface area (Å²) < 4.78 is 5.43. The average Bonchev–Trinajstić information content (AvgIpc) is 2.44. The third-order valence-electron chi connectivity index (χ3n) is 3.28. The molecule has 0 aromatic heterocycles. The lowest BCUT2D eigenvalue weighted by Crippen LogP contribution is -2.32. The molecule has 0 spiro atoms. The number of hydrogen-bond acceptors (Lipinski definition) is 3. The Morgan fingerprint density at radius 3 is 2.50 bits per heavy atom. The van der Waals surface area contributed by atoms with Crippen LogP contribution >= 0.6 is 0 Å². The Morgan fingerprint density at radius 2 is 1.80 bits per heavy atom. The molecule has 2 aromatic rings. The number of fused-ring (bicyclic) bond motifs is 1. The van der Waals surface area contributed by atoms with Crippen molar-refractivity contribution in [3.63, 3.8) is 0 Å². The van der Waals surface area contributed by atoms with Gasteiger partial charge in [0.2, 0.25) is 0 Å². The summed E-state index contributed by atoms with van der Waals surface area (Å²) in [5.41, 5.74) is 1.10. The zero-order chi connectivity index (χ0) is 14.5. The van der Waals surface area contributed by atoms with Gasteiger partial charge in [0.05, 0.1) is 18.8 Å². The van der Waals surface area contributed by atoms with Crippen molar-refractivity contribution in [3.05, 3.63) is 42.5 Å². The van der Waals surface area contributed by atoms with E-state index in [-0.39, 0.29) is 6.10 Å². The number of nitrogens with zero attached hydrogens (tertiary/aromatic N) is 1. The summed E-state index contributed by atoms with van der Waals surface area (Å²) >= 11 is 0. The van der Waals surface area contributed by atoms with Gasteiger partial charge in [0.15, 0.2) is 0 Å². The molecule has 2 aromatic carbocycles. The molecule has 20 heavy (non-hydrogen) atoms. The maximum absolute atomic E-state index is 9.98. The van der Waals surface area contributed by atoms with E-state index in [1.165, 1.54) is 10.8 Å². The Kier molecular flexibility index (Phi) is 4.99. The summed E-state index contributed by atoms with van der Waals surface area (Å²) in [5.74, 6) is 0. The van der Waals surface area contributed by atoms with Crippen LogP contribution in [0.15, 0.2) is 42.5 Å². The summed E-state index contributed by atoms with van der Waals surface area (Å²) in [6, 6.07) is 14.6. The van der Waals surface area contributed by atoms with Crippen LogP contribution in [0.3, 0.4) is 0 Å². The Balaban J connectivity index is 2.01. The monoisotopic (exact) mass is 273 g/mol. The molecule has 0 radical (unpaired) electrons. The number of anilines is 1. The van der Waals surface area contributed by atoms with E-state index in [0.717, 1.165) is 5.69 Å². The highest BCUT2D eigenvalue weighted by Gasteiger charge is 2.10. The second-order valence-electron chi connectivity index (χ2n) is 5.45. The van der Waals surface area contributed by atoms with Crippen LogP contribution < -0.4 is 4.90 Å². The van der Waals surface area contributed by atoms with Crippen molar-refractivity contribution >= 4 is 16.5 Å². The third-order valence-corrected chi connectivity index (χ3v) is 3.28. The first-order valence-corrected chi connectivity index (χ1v) is 7.06. The van der Waals surface area contributed by atoms with Gasteiger partial charge < -0.3 is 14.7 Å². The van der Waals surface area contributed by atoms with Gasteiger partial charge in [-0.25, -0.2) is 0 Å². The summed E-state index contributed by atoms with van der Waals surface area (Å²) in [6.07, 6.45) is -0.329. The Bertz CT molecular complexity index is 553. The highest BCUT2D eigenvalue weighted by atomic mass is 16.5. The Labute approximate surface area is 120 Å². The van der Waals surface area contributed by atoms with Gasteiger partial charge in [0.25, 0.3) is 0 Å². The van der Waals surface area contributed by atoms with Crippen LogP contribution in [0, 0.1) is 0 Å². The van der Waals surface area contributed by atoms with Crippen LogP contribution in [0.4, 0.5) is 5.69 Å². The molecule has 2 rings (SSSR count). The zero-order valence-electron chi connectivity index (χ0n) is 12.4. The molecule has 0 amide bonds. The average molecular weight is 273 g/mol. The third kappa shape index (κ3) is 3.95. The molecular formula is C17H23NO2. The molecule has 0 fully saturated rings. The van der Waals surface area contributed by atoms with E-state index < -0.39 is 6.10 Å². The highest BCUT2D eigenvalue weighted by Crippen LogP contribution is 2.21. The number of ether oxygens (including phenoxy) is 1. The predicted octanol–water partition coefficient (Wildman–Crippen LogP) is 3.06. The number of benzene rings is 2. The maximum Gasteiger partial charge on any atom is 0.0948 e. The molecule has 108 valence electrons. The first-order valence-electron chi connectivity index (χ1n) is 7.06. The van der Waals surface area contributed by atoms with Gasteiger partial charge in [-0.3, -0.25) is 0 Å². The molecule has 3 nitrogen and oxygen atoms in total. The van der Waals surface area contributed by atoms with E-state index in [9.17, 15) is 5.11 Å². The van der Waals surface area contributed by atoms with Crippen LogP contribution in [-0.4, -0.2) is 37.5 Å². The quantitative estimate of drug-likeness (QED) is 0.878. The fourth-order valence-corrected chi connectivity index (χ4v) is 2.19. The van der Waals surface area contributed by atoms with Crippen LogP contribution in [0.1, 0.15) is 13.8 Å². The molecule has 0 saturated carbocycles. The van der Waals surface area contributed by atoms with Crippen molar-refractivity contribution < 1.29 is 9.84 Å². The number of aliphatic hydroxyl groups is 1. The van der Waals surface area contributed by atoms with Gasteiger partial charge in [-0.15, -0.1) is 0 Å². The second kappa shape index (κ2) is 6.73. The molecule has 0 aliphatic carbocycles. The Morgan fingerprint density at radius 1 is 1.10 bits per heavy atom. The van der Waals surface area contributed by atoms with Gasteiger partial charge in [-0.2, -0.15) is 0 Å². The van der Waals surface area contributed by atoms with Crippen molar-refractivity contribution in [2.45, 2.75) is 26.1 Å². The van der Waals surface area contributed by atoms with Crippen molar-refractivity contribution in [2.24, 2.45) is 0 Å². The number of hydrogen-bond donors (Lipinski definition) is 1. The molecule has 1 N–H and O–H groups in total. The maximum atomic E-state index is 9.98. The molecule has 1 unspecified atom stereocenters. The van der Waals surface area contributed by atoms with Crippen molar-refractivity contribution in [2.75, 3.05) is 25.1 Å². The SMILES string of the molecule is CC(C)OCC(O)CN(C)c1ccc2ccccc2c1. The lowest BCUT2D eigenvalue weighted by atomic mass is 10.1. The minimum Gasteiger partial charge on any atom is -0.389 e. The van der Waals surface area contributed by atoms with Crippen LogP contribution in [0.25, 0.3) is 10.8 Å². The molecule has 0 aliphatic rings. The minimum atomic E-state index is -0.478. The summed E-state index contributed by atoms with van der Waals surface area (Å²) in [4.78, 5) is 2.06. The van der Waals surface area contributed by atoms with E-state index in [2.05, 4.69) is 35.2 Å². The molecular weight excluding hydrogens is 250 g/mol. The van der Waals surface area contributed by atoms with Crippen LogP contribution in [0.5, 0.6) is 0 Å². The van der Waals surface area contributed by atoms with Gasteiger partial charge >= 0.3 is 0 Å². The number of rotatable bonds is 6. The van der Waals surface area contributed by atoms with E-state index in [0.29, 0.717) is 13.2 Å². The Hall–Kier alpha value is -1.58. The first kappa shape index (κ1) is 14.8. The van der Waals surface area contributed by atoms with Crippen molar-refractivity contribution in [1.29, 1.82) is 0 Å². The number of likely N-dealkylation sites (N-methyl/N-ethyl adjacent to an activating group) is 1. The topological polar surface area (TPSA) is 32.7 Å². The standard InChI is InChI=1S/C17H23NO2/c1-13(2)20-12-17(19)11-18(3)16-9-8-14-6-4-5-7-15(14)10-16/h4-10,13,17,19H,11-12H2,1-3H3. The fraction of sp³-hybridized carbons (Fsp3) is 0.412. The first-order chi connectivity index (χ1) is 9.56. The molecule has 0 bridgehead atoms. The summed E-state index contributed by atoms with van der Waals surface area (Å²) in [7, 11) is 1.99. The minimum absolute atomic E-state index is 0.149. The van der Waals surface area contributed by atoms with E-state index >= 15 is 0 Å². The van der Waals surface area contributed by atoms with Gasteiger partial charge in [0, 0.05) is 19.3 Å². The molecule has 0 heterocycles. The zero-order valence-corrected chi connectivity index (χ0v) is 12.4. The fourth-order valence-electron chi connectivity index (χ4n) is 2.19. The largest absolute Gasteiger partial charge is 0.389 e. The summed E-state index contributed by atoms with van der Waals surface area (Å²) in [5, 5.41) is 12.4. The van der Waals surface area contributed by atoms with Gasteiger partial charge in [-0.05, 0) is 36.8 Å². The lowest BCUT2D eigenvalue weighted by Gasteiger charge is -2.23. The molecule has 1 atom stereocenters. The van der Waals surface area contributed by atoms with Gasteiger partial charge in [-0.1, -0.05) is 30.3 Å². The number of aliphatic hydroxyl groups excluding tert-OH is 1. The van der Waals surface area contributed by atoms with Crippen molar-refractivity contribution in [1.82, 2.24) is 0 Å². The summed E-state index contributed by atoms with van der Waals surface area (Å²) in [6.45, 7) is 4.88. The van der Waals surface area contributed by atoms with Gasteiger partial charge in [0.1, 0.15) is 0 Å². The smallest absolute Gasteiger partial charge is 0.0948 e.